The summed E-state index contributed by atoms with van der Waals surface area (Å²) >= 11 is 0. The van der Waals surface area contributed by atoms with Gasteiger partial charge in [-0.1, -0.05) is 6.92 Å². The Morgan fingerprint density at radius 1 is 1.79 bits per heavy atom. The molecule has 0 fully saturated rings. The number of nitrogens with one attached hydrogen (secondary N) is 1. The fourth-order valence-electron chi connectivity index (χ4n) is 2.22. The van der Waals surface area contributed by atoms with Gasteiger partial charge in [-0.2, -0.15) is 5.10 Å². The summed E-state index contributed by atoms with van der Waals surface area (Å²) in [7, 11) is 0. The highest BCUT2D eigenvalue weighted by atomic mass is 16.4. The number of hydrogen-bond acceptors (Lipinski definition) is 2. The minimum absolute atomic E-state index is 0.134. The van der Waals surface area contributed by atoms with Gasteiger partial charge in [0.2, 0.25) is 0 Å². The van der Waals surface area contributed by atoms with Crippen LogP contribution in [0.15, 0.2) is 6.20 Å². The number of nitrogens with zero attached hydrogens (tertiary/aromatic N) is 1. The van der Waals surface area contributed by atoms with Gasteiger partial charge in [0, 0.05) is 11.6 Å². The average molecular weight is 194 g/mol. The van der Waals surface area contributed by atoms with Crippen molar-refractivity contribution in [3.63, 3.8) is 0 Å². The van der Waals surface area contributed by atoms with Crippen LogP contribution in [0.2, 0.25) is 0 Å². The van der Waals surface area contributed by atoms with E-state index in [-0.39, 0.29) is 12.3 Å². The lowest BCUT2D eigenvalue weighted by atomic mass is 9.77. The molecule has 4 heteroatoms. The highest BCUT2D eigenvalue weighted by Crippen LogP contribution is 2.37. The third-order valence-electron chi connectivity index (χ3n) is 3.08. The summed E-state index contributed by atoms with van der Waals surface area (Å²) in [5.74, 6) is -0.151. The number of fused-ring (bicyclic) bond motifs is 1. The summed E-state index contributed by atoms with van der Waals surface area (Å²) in [5, 5.41) is 15.7. The van der Waals surface area contributed by atoms with Crippen molar-refractivity contribution in [2.45, 2.75) is 32.1 Å². The Balaban J connectivity index is 2.26. The highest BCUT2D eigenvalue weighted by Gasteiger charge is 2.29. The van der Waals surface area contributed by atoms with Gasteiger partial charge in [-0.05, 0) is 24.3 Å². The van der Waals surface area contributed by atoms with Gasteiger partial charge in [-0.15, -0.1) is 0 Å². The molecule has 2 N–H and O–H groups in total. The Hall–Kier alpha value is -1.32. The summed E-state index contributed by atoms with van der Waals surface area (Å²) in [6, 6.07) is 0. The third-order valence-corrected chi connectivity index (χ3v) is 3.08. The van der Waals surface area contributed by atoms with Gasteiger partial charge >= 0.3 is 5.97 Å². The summed E-state index contributed by atoms with van der Waals surface area (Å²) in [5.41, 5.74) is 2.22. The first kappa shape index (κ1) is 9.24. The van der Waals surface area contributed by atoms with Crippen LogP contribution in [0.4, 0.5) is 0 Å². The van der Waals surface area contributed by atoms with Crippen molar-refractivity contribution < 1.29 is 9.90 Å². The zero-order chi connectivity index (χ0) is 10.1. The van der Waals surface area contributed by atoms with Crippen LogP contribution < -0.4 is 0 Å². The van der Waals surface area contributed by atoms with Crippen LogP contribution >= 0.6 is 0 Å². The minimum Gasteiger partial charge on any atom is -0.481 e. The summed E-state index contributed by atoms with van der Waals surface area (Å²) in [6.07, 6.45) is 4.03. The molecule has 1 heterocycles. The lowest BCUT2D eigenvalue weighted by Crippen LogP contribution is -2.20. The Labute approximate surface area is 82.3 Å². The van der Waals surface area contributed by atoms with E-state index < -0.39 is 5.97 Å². The quantitative estimate of drug-likeness (QED) is 0.750. The number of H-pyrrole nitrogens is 1. The smallest absolute Gasteiger partial charge is 0.303 e. The van der Waals surface area contributed by atoms with Crippen molar-refractivity contribution in [3.05, 3.63) is 17.5 Å². The van der Waals surface area contributed by atoms with E-state index >= 15 is 0 Å². The molecule has 14 heavy (non-hydrogen) atoms. The van der Waals surface area contributed by atoms with Crippen molar-refractivity contribution >= 4 is 5.97 Å². The normalized spacial score (nSPS) is 25.8. The number of rotatable bonds is 2. The first-order chi connectivity index (χ1) is 6.68. The molecule has 2 unspecified atom stereocenters. The Morgan fingerprint density at radius 3 is 3.29 bits per heavy atom. The van der Waals surface area contributed by atoms with E-state index in [2.05, 4.69) is 17.1 Å². The molecule has 0 bridgehead atoms. The molecule has 1 aliphatic carbocycles. The molecule has 76 valence electrons. The second kappa shape index (κ2) is 3.44. The zero-order valence-corrected chi connectivity index (χ0v) is 8.16. The van der Waals surface area contributed by atoms with Gasteiger partial charge < -0.3 is 5.11 Å². The maximum atomic E-state index is 10.7. The van der Waals surface area contributed by atoms with Gasteiger partial charge in [-0.3, -0.25) is 9.89 Å². The van der Waals surface area contributed by atoms with Crippen LogP contribution in [-0.2, 0) is 11.2 Å². The SMILES string of the molecule is CC1CCc2[nH]ncc2C1CC(=O)O. The van der Waals surface area contributed by atoms with Crippen LogP contribution in [0.25, 0.3) is 0 Å². The fraction of sp³-hybridized carbons (Fsp3) is 0.600. The molecule has 1 aromatic rings. The maximum absolute atomic E-state index is 10.7. The number of aliphatic carboxylic acids is 1. The molecule has 0 saturated heterocycles. The number of carboxylic acid groups (broad SMARTS) is 1. The van der Waals surface area contributed by atoms with Gasteiger partial charge in [0.15, 0.2) is 0 Å². The van der Waals surface area contributed by atoms with Gasteiger partial charge in [-0.25, -0.2) is 0 Å². The molecule has 0 amide bonds. The molecular weight excluding hydrogens is 180 g/mol. The Morgan fingerprint density at radius 2 is 2.57 bits per heavy atom. The molecule has 0 spiro atoms. The molecule has 0 aromatic carbocycles. The van der Waals surface area contributed by atoms with Crippen LogP contribution in [0, 0.1) is 5.92 Å². The zero-order valence-electron chi connectivity index (χ0n) is 8.16. The average Bonchev–Trinajstić information content (AvgIpc) is 2.57. The van der Waals surface area contributed by atoms with E-state index in [1.165, 1.54) is 0 Å². The van der Waals surface area contributed by atoms with Crippen LogP contribution in [-0.4, -0.2) is 21.3 Å². The molecular formula is C10H14N2O2. The van der Waals surface area contributed by atoms with Crippen LogP contribution in [0.3, 0.4) is 0 Å². The molecule has 1 aromatic heterocycles. The van der Waals surface area contributed by atoms with E-state index in [0.717, 1.165) is 24.1 Å². The highest BCUT2D eigenvalue weighted by molar-refractivity contribution is 5.68. The van der Waals surface area contributed by atoms with Crippen molar-refractivity contribution in [1.29, 1.82) is 0 Å². The largest absolute Gasteiger partial charge is 0.481 e. The van der Waals surface area contributed by atoms with Gasteiger partial charge in [0.25, 0.3) is 0 Å². The van der Waals surface area contributed by atoms with Gasteiger partial charge in [0.05, 0.1) is 12.6 Å². The summed E-state index contributed by atoms with van der Waals surface area (Å²) < 4.78 is 0. The molecule has 0 saturated carbocycles. The van der Waals surface area contributed by atoms with E-state index in [1.807, 2.05) is 0 Å². The van der Waals surface area contributed by atoms with E-state index in [4.69, 9.17) is 5.11 Å². The Kier molecular flexibility index (Phi) is 2.27. The topological polar surface area (TPSA) is 66.0 Å². The Bertz CT molecular complexity index is 346. The predicted molar refractivity (Wildman–Crippen MR) is 51.1 cm³/mol. The second-order valence-electron chi connectivity index (χ2n) is 4.02. The number of carboxylic acids is 1. The predicted octanol–water partition coefficient (Wildman–Crippen LogP) is 1.55. The van der Waals surface area contributed by atoms with Crippen molar-refractivity contribution in [3.8, 4) is 0 Å². The number of aromatic amines is 1. The number of hydrogen-bond donors (Lipinski definition) is 2. The number of aryl methyl sites for hydroxylation is 1. The number of carbonyl (C=O) groups is 1. The van der Waals surface area contributed by atoms with E-state index in [0.29, 0.717) is 5.92 Å². The summed E-state index contributed by atoms with van der Waals surface area (Å²) in [4.78, 5) is 10.7. The van der Waals surface area contributed by atoms with Crippen molar-refractivity contribution in [2.24, 2.45) is 5.92 Å². The minimum atomic E-state index is -0.726. The first-order valence-electron chi connectivity index (χ1n) is 4.92. The second-order valence-corrected chi connectivity index (χ2v) is 4.02. The van der Waals surface area contributed by atoms with Crippen molar-refractivity contribution in [1.82, 2.24) is 10.2 Å². The molecule has 1 aliphatic rings. The molecule has 0 aliphatic heterocycles. The number of aromatic nitrogens is 2. The standard InChI is InChI=1S/C10H14N2O2/c1-6-2-3-9-8(5-11-12-9)7(6)4-10(13)14/h5-7H,2-4H2,1H3,(H,11,12)(H,13,14). The molecule has 0 radical (unpaired) electrons. The molecule has 2 rings (SSSR count). The van der Waals surface area contributed by atoms with E-state index in [1.54, 1.807) is 6.20 Å². The van der Waals surface area contributed by atoms with Crippen molar-refractivity contribution in [2.75, 3.05) is 0 Å². The lowest BCUT2D eigenvalue weighted by molar-refractivity contribution is -0.137. The molecule has 2 atom stereocenters. The fourth-order valence-corrected chi connectivity index (χ4v) is 2.22. The monoisotopic (exact) mass is 194 g/mol. The summed E-state index contributed by atoms with van der Waals surface area (Å²) in [6.45, 7) is 2.11. The molecule has 4 nitrogen and oxygen atoms in total. The third kappa shape index (κ3) is 1.52. The van der Waals surface area contributed by atoms with E-state index in [9.17, 15) is 4.79 Å². The first-order valence-corrected chi connectivity index (χ1v) is 4.92. The van der Waals surface area contributed by atoms with Gasteiger partial charge in [0.1, 0.15) is 0 Å². The maximum Gasteiger partial charge on any atom is 0.303 e. The van der Waals surface area contributed by atoms with Crippen LogP contribution in [0.1, 0.15) is 36.9 Å². The van der Waals surface area contributed by atoms with Crippen LogP contribution in [0.5, 0.6) is 0 Å². The lowest BCUT2D eigenvalue weighted by Gasteiger charge is -2.27.